The van der Waals surface area contributed by atoms with Crippen molar-refractivity contribution in [1.29, 1.82) is 0 Å². The molecule has 1 heterocycles. The molecule has 0 saturated heterocycles. The molecule has 0 bridgehead atoms. The third-order valence-corrected chi connectivity index (χ3v) is 4.95. The van der Waals surface area contributed by atoms with E-state index in [9.17, 15) is 34.8 Å². The molecule has 0 saturated carbocycles. The van der Waals surface area contributed by atoms with Gasteiger partial charge in [-0.1, -0.05) is 6.07 Å². The minimum absolute atomic E-state index is 0.0319. The second-order valence-corrected chi connectivity index (χ2v) is 7.35. The third-order valence-electron chi connectivity index (χ3n) is 3.59. The van der Waals surface area contributed by atoms with Crippen molar-refractivity contribution >= 4 is 15.7 Å². The van der Waals surface area contributed by atoms with E-state index in [2.05, 4.69) is 10.2 Å². The lowest BCUT2D eigenvalue weighted by Gasteiger charge is -2.15. The van der Waals surface area contributed by atoms with Crippen molar-refractivity contribution in [1.82, 2.24) is 10.2 Å². The molecule has 0 amide bonds. The van der Waals surface area contributed by atoms with Crippen molar-refractivity contribution in [3.8, 4) is 11.5 Å². The Morgan fingerprint density at radius 2 is 1.52 bits per heavy atom. The monoisotopic (exact) mass is 437 g/mol. The maximum atomic E-state index is 13.0. The number of hydrogen-bond acceptors (Lipinski definition) is 5. The number of alkyl halides is 6. The average molecular weight is 437 g/mol. The largest absolute Gasteiger partial charge is 0.423 e. The number of hydrogen-bond donors (Lipinski definition) is 1. The number of nitrogens with zero attached hydrogens (tertiary/aromatic N) is 2. The van der Waals surface area contributed by atoms with Crippen molar-refractivity contribution in [3.05, 3.63) is 60.0 Å². The summed E-state index contributed by atoms with van der Waals surface area (Å²) in [4.78, 5) is -1.19. The summed E-state index contributed by atoms with van der Waals surface area (Å²) in [6.07, 6.45) is -9.33. The van der Waals surface area contributed by atoms with Crippen LogP contribution in [0.2, 0.25) is 0 Å². The highest BCUT2D eigenvalue weighted by Gasteiger charge is 2.38. The Labute approximate surface area is 159 Å². The van der Waals surface area contributed by atoms with Crippen molar-refractivity contribution in [2.75, 3.05) is 4.72 Å². The number of sulfonamides is 1. The second-order valence-electron chi connectivity index (χ2n) is 5.67. The predicted molar refractivity (Wildman–Crippen MR) is 87.0 cm³/mol. The van der Waals surface area contributed by atoms with Crippen LogP contribution in [0.5, 0.6) is 0 Å². The Kier molecular flexibility index (Phi) is 5.03. The van der Waals surface area contributed by atoms with E-state index in [0.717, 1.165) is 6.39 Å². The quantitative estimate of drug-likeness (QED) is 0.605. The predicted octanol–water partition coefficient (Wildman–Crippen LogP) is 4.58. The number of halogens is 6. The molecule has 1 N–H and O–H groups in total. The second kappa shape index (κ2) is 7.06. The van der Waals surface area contributed by atoms with Crippen molar-refractivity contribution in [3.63, 3.8) is 0 Å². The Morgan fingerprint density at radius 1 is 0.897 bits per heavy atom. The van der Waals surface area contributed by atoms with Crippen LogP contribution < -0.4 is 4.72 Å². The molecule has 0 unspecified atom stereocenters. The molecule has 13 heteroatoms. The molecule has 0 aliphatic carbocycles. The van der Waals surface area contributed by atoms with Gasteiger partial charge in [-0.25, -0.2) is 8.42 Å². The number of benzene rings is 2. The lowest BCUT2D eigenvalue weighted by molar-refractivity contribution is -0.143. The molecule has 1 aromatic heterocycles. The lowest BCUT2D eigenvalue weighted by atomic mass is 10.1. The van der Waals surface area contributed by atoms with Gasteiger partial charge in [-0.2, -0.15) is 26.3 Å². The van der Waals surface area contributed by atoms with Gasteiger partial charge < -0.3 is 4.42 Å². The molecule has 2 aromatic carbocycles. The van der Waals surface area contributed by atoms with E-state index in [1.165, 1.54) is 24.3 Å². The molecule has 0 atom stereocenters. The molecule has 29 heavy (non-hydrogen) atoms. The first kappa shape index (κ1) is 20.6. The topological polar surface area (TPSA) is 85.1 Å². The van der Waals surface area contributed by atoms with Crippen LogP contribution in [0.1, 0.15) is 11.1 Å². The zero-order chi connectivity index (χ0) is 21.4. The van der Waals surface area contributed by atoms with E-state index >= 15 is 0 Å². The van der Waals surface area contributed by atoms with Crippen LogP contribution in [0.15, 0.2) is 58.2 Å². The van der Waals surface area contributed by atoms with E-state index in [4.69, 9.17) is 4.42 Å². The fraction of sp³-hybridized carbons (Fsp3) is 0.125. The van der Waals surface area contributed by atoms with E-state index in [-0.39, 0.29) is 35.3 Å². The molecular formula is C16H9F6N3O3S. The lowest BCUT2D eigenvalue weighted by Crippen LogP contribution is -2.17. The van der Waals surface area contributed by atoms with Gasteiger partial charge >= 0.3 is 12.4 Å². The standard InChI is InChI=1S/C16H9F6N3O3S/c17-15(18,19)10-5-11(16(20,21)22)7-13(6-10)29(26,27)25-12-3-1-2-9(4-12)14-24-23-8-28-14/h1-8,25H. The van der Waals surface area contributed by atoms with Gasteiger partial charge in [0.15, 0.2) is 0 Å². The summed E-state index contributed by atoms with van der Waals surface area (Å²) in [6.45, 7) is 0. The number of rotatable bonds is 4. The summed E-state index contributed by atoms with van der Waals surface area (Å²) in [5.41, 5.74) is -3.34. The number of anilines is 1. The summed E-state index contributed by atoms with van der Waals surface area (Å²) in [5.74, 6) is 0.0319. The fourth-order valence-electron chi connectivity index (χ4n) is 2.31. The van der Waals surface area contributed by atoms with Gasteiger partial charge in [-0.15, -0.1) is 10.2 Å². The Morgan fingerprint density at radius 3 is 2.03 bits per heavy atom. The third kappa shape index (κ3) is 4.67. The molecule has 154 valence electrons. The maximum Gasteiger partial charge on any atom is 0.416 e. The fourth-order valence-corrected chi connectivity index (χ4v) is 3.43. The van der Waals surface area contributed by atoms with Crippen molar-refractivity contribution in [2.24, 2.45) is 0 Å². The van der Waals surface area contributed by atoms with Gasteiger partial charge in [0.2, 0.25) is 12.3 Å². The average Bonchev–Trinajstić information content (AvgIpc) is 3.14. The SMILES string of the molecule is O=S(=O)(Nc1cccc(-c2nnco2)c1)c1cc(C(F)(F)F)cc(C(F)(F)F)c1. The molecule has 3 rings (SSSR count). The van der Waals surface area contributed by atoms with Crippen LogP contribution in [0.3, 0.4) is 0 Å². The summed E-state index contributed by atoms with van der Waals surface area (Å²) < 4.78 is 110. The smallest absolute Gasteiger partial charge is 0.416 e. The Bertz CT molecular complexity index is 1090. The van der Waals surface area contributed by atoms with Crippen LogP contribution in [-0.4, -0.2) is 18.6 Å². The van der Waals surface area contributed by atoms with Gasteiger partial charge in [0.1, 0.15) is 0 Å². The Hall–Kier alpha value is -3.09. The molecule has 0 aliphatic heterocycles. The first-order chi connectivity index (χ1) is 13.4. The van der Waals surface area contributed by atoms with Crippen LogP contribution in [0.4, 0.5) is 32.0 Å². The molecule has 0 aliphatic rings. The molecular weight excluding hydrogens is 428 g/mol. The maximum absolute atomic E-state index is 13.0. The molecule has 0 spiro atoms. The van der Waals surface area contributed by atoms with Crippen molar-refractivity contribution in [2.45, 2.75) is 17.2 Å². The summed E-state index contributed by atoms with van der Waals surface area (Å²) in [7, 11) is -4.78. The van der Waals surface area contributed by atoms with Crippen LogP contribution in [0, 0.1) is 0 Å². The molecule has 0 radical (unpaired) electrons. The highest BCUT2D eigenvalue weighted by molar-refractivity contribution is 7.92. The van der Waals surface area contributed by atoms with E-state index < -0.39 is 38.4 Å². The zero-order valence-corrected chi connectivity index (χ0v) is 14.7. The summed E-state index contributed by atoms with van der Waals surface area (Å²) in [5, 5.41) is 7.06. The minimum Gasteiger partial charge on any atom is -0.423 e. The van der Waals surface area contributed by atoms with E-state index in [1.54, 1.807) is 0 Å². The van der Waals surface area contributed by atoms with Gasteiger partial charge in [-0.05, 0) is 36.4 Å². The van der Waals surface area contributed by atoms with Crippen molar-refractivity contribution < 1.29 is 39.2 Å². The van der Waals surface area contributed by atoms with Crippen LogP contribution >= 0.6 is 0 Å². The summed E-state index contributed by atoms with van der Waals surface area (Å²) >= 11 is 0. The van der Waals surface area contributed by atoms with Gasteiger partial charge in [0.25, 0.3) is 10.0 Å². The first-order valence-corrected chi connectivity index (χ1v) is 9.03. The first-order valence-electron chi connectivity index (χ1n) is 7.55. The number of nitrogens with one attached hydrogen (secondary N) is 1. The summed E-state index contributed by atoms with van der Waals surface area (Å²) in [6, 6.07) is 5.43. The molecule has 6 nitrogen and oxygen atoms in total. The highest BCUT2D eigenvalue weighted by Crippen LogP contribution is 2.37. The van der Waals surface area contributed by atoms with Gasteiger partial charge in [0.05, 0.1) is 16.0 Å². The minimum atomic E-state index is -5.18. The van der Waals surface area contributed by atoms with E-state index in [0.29, 0.717) is 0 Å². The van der Waals surface area contributed by atoms with E-state index in [1.807, 2.05) is 4.72 Å². The molecule has 0 fully saturated rings. The zero-order valence-electron chi connectivity index (χ0n) is 13.9. The number of aromatic nitrogens is 2. The normalized spacial score (nSPS) is 12.8. The van der Waals surface area contributed by atoms with Crippen LogP contribution in [0.25, 0.3) is 11.5 Å². The van der Waals surface area contributed by atoms with Crippen LogP contribution in [-0.2, 0) is 22.4 Å². The highest BCUT2D eigenvalue weighted by atomic mass is 32.2. The molecule has 3 aromatic rings. The van der Waals surface area contributed by atoms with Gasteiger partial charge in [-0.3, -0.25) is 4.72 Å². The van der Waals surface area contributed by atoms with Gasteiger partial charge in [0, 0.05) is 11.3 Å². The Balaban J connectivity index is 2.03.